The van der Waals surface area contributed by atoms with Crippen molar-refractivity contribution < 1.29 is 27.3 Å². The van der Waals surface area contributed by atoms with Crippen molar-refractivity contribution in [1.82, 2.24) is 5.32 Å². The molecule has 1 amide bonds. The Morgan fingerprint density at radius 1 is 0.700 bits per heavy atom. The van der Waals surface area contributed by atoms with Gasteiger partial charge in [-0.25, -0.2) is 0 Å². The zero-order valence-electron chi connectivity index (χ0n) is 27.2. The summed E-state index contributed by atoms with van der Waals surface area (Å²) >= 11 is 0. The summed E-state index contributed by atoms with van der Waals surface area (Å²) in [6, 6.07) is 0. The largest absolute Gasteiger partial charge is 0.465 e. The predicted molar refractivity (Wildman–Crippen MR) is 168 cm³/mol. The van der Waals surface area contributed by atoms with Crippen LogP contribution in [0.1, 0.15) is 164 Å². The third-order valence-corrected chi connectivity index (χ3v) is 8.41. The highest BCUT2D eigenvalue weighted by molar-refractivity contribution is 7.85. The van der Waals surface area contributed by atoms with Crippen molar-refractivity contribution in [3.05, 3.63) is 0 Å². The van der Waals surface area contributed by atoms with Crippen LogP contribution < -0.4 is 5.32 Å². The van der Waals surface area contributed by atoms with Gasteiger partial charge in [0.05, 0.1) is 23.8 Å². The maximum atomic E-state index is 11.5. The quantitative estimate of drug-likeness (QED) is 0.0660. The minimum atomic E-state index is -4.07. The minimum Gasteiger partial charge on any atom is -0.465 e. The average molecular weight is 592 g/mol. The number of hydrogen-bond donors (Lipinski definition) is 2. The van der Waals surface area contributed by atoms with Gasteiger partial charge in [0.1, 0.15) is 0 Å². The molecule has 240 valence electrons. The van der Waals surface area contributed by atoms with Gasteiger partial charge >= 0.3 is 5.97 Å². The second kappa shape index (κ2) is 25.6. The second-order valence-corrected chi connectivity index (χ2v) is 13.6. The molecule has 0 aromatic heterocycles. The van der Waals surface area contributed by atoms with Crippen LogP contribution >= 0.6 is 0 Å². The number of hydrogen-bond acceptors (Lipinski definition) is 5. The van der Waals surface area contributed by atoms with Crippen LogP contribution in [0.25, 0.3) is 0 Å². The van der Waals surface area contributed by atoms with Crippen LogP contribution in [-0.4, -0.2) is 42.7 Å². The van der Waals surface area contributed by atoms with Crippen LogP contribution in [-0.2, 0) is 24.4 Å². The van der Waals surface area contributed by atoms with Crippen molar-refractivity contribution in [2.45, 2.75) is 170 Å². The van der Waals surface area contributed by atoms with Crippen molar-refractivity contribution in [2.24, 2.45) is 11.8 Å². The molecule has 0 aliphatic rings. The van der Waals surface area contributed by atoms with Crippen LogP contribution in [0.15, 0.2) is 0 Å². The predicted octanol–water partition coefficient (Wildman–Crippen LogP) is 8.65. The van der Waals surface area contributed by atoms with Crippen molar-refractivity contribution >= 4 is 22.0 Å². The number of nitrogens with one attached hydrogen (secondary N) is 1. The van der Waals surface area contributed by atoms with Gasteiger partial charge in [0.2, 0.25) is 5.91 Å². The van der Waals surface area contributed by atoms with E-state index in [4.69, 9.17) is 9.29 Å². The lowest BCUT2D eigenvalue weighted by Crippen LogP contribution is -2.49. The highest BCUT2D eigenvalue weighted by atomic mass is 32.2. The van der Waals surface area contributed by atoms with E-state index in [0.717, 1.165) is 12.8 Å². The first-order chi connectivity index (χ1) is 18.8. The molecular formula is C32H65NO6S. The highest BCUT2D eigenvalue weighted by Crippen LogP contribution is 2.14. The van der Waals surface area contributed by atoms with Gasteiger partial charge in [-0.1, -0.05) is 131 Å². The summed E-state index contributed by atoms with van der Waals surface area (Å²) in [4.78, 5) is 23.0. The first kappa shape index (κ1) is 41.0. The molecule has 0 aliphatic heterocycles. The Morgan fingerprint density at radius 2 is 1.07 bits per heavy atom. The van der Waals surface area contributed by atoms with Gasteiger partial charge in [0, 0.05) is 5.92 Å². The number of carbonyl (C=O) groups is 2. The molecule has 0 radical (unpaired) electrons. The zero-order valence-corrected chi connectivity index (χ0v) is 28.0. The SMILES string of the molecule is CCC(C)C(=O)NC(C)(C)CS(=O)(=O)O.CCCCCCCCCCCCCCCCCCOC(=O)C(C)CC. The highest BCUT2D eigenvalue weighted by Gasteiger charge is 2.27. The minimum absolute atomic E-state index is 0.0246. The Morgan fingerprint density at radius 3 is 1.43 bits per heavy atom. The van der Waals surface area contributed by atoms with E-state index in [1.54, 1.807) is 20.8 Å². The smallest absolute Gasteiger partial charge is 0.308 e. The van der Waals surface area contributed by atoms with E-state index in [0.29, 0.717) is 13.0 Å². The fourth-order valence-corrected chi connectivity index (χ4v) is 5.25. The molecule has 0 rings (SSSR count). The summed E-state index contributed by atoms with van der Waals surface area (Å²) in [7, 11) is -4.07. The fourth-order valence-electron chi connectivity index (χ4n) is 4.27. The monoisotopic (exact) mass is 591 g/mol. The third kappa shape index (κ3) is 28.4. The number of amides is 1. The summed E-state index contributed by atoms with van der Waals surface area (Å²) < 4.78 is 35.3. The molecule has 2 atom stereocenters. The molecule has 0 fully saturated rings. The van der Waals surface area contributed by atoms with E-state index in [1.807, 2.05) is 20.8 Å². The average Bonchev–Trinajstić information content (AvgIpc) is 2.87. The lowest BCUT2D eigenvalue weighted by molar-refractivity contribution is -0.148. The van der Waals surface area contributed by atoms with E-state index < -0.39 is 21.4 Å². The normalized spacial score (nSPS) is 13.2. The maximum Gasteiger partial charge on any atom is 0.308 e. The van der Waals surface area contributed by atoms with E-state index in [-0.39, 0.29) is 23.7 Å². The number of unbranched alkanes of at least 4 members (excludes halogenated alkanes) is 15. The second-order valence-electron chi connectivity index (χ2n) is 12.2. The van der Waals surface area contributed by atoms with E-state index >= 15 is 0 Å². The summed E-state index contributed by atoms with van der Waals surface area (Å²) in [6.45, 7) is 13.6. The third-order valence-electron chi connectivity index (χ3n) is 7.32. The van der Waals surface area contributed by atoms with Crippen molar-refractivity contribution in [3.8, 4) is 0 Å². The summed E-state index contributed by atoms with van der Waals surface area (Å²) in [5.41, 5.74) is -0.950. The molecule has 7 nitrogen and oxygen atoms in total. The molecule has 0 spiro atoms. The Hall–Kier alpha value is -1.15. The number of rotatable bonds is 24. The maximum absolute atomic E-state index is 11.5. The van der Waals surface area contributed by atoms with Crippen LogP contribution in [0.4, 0.5) is 0 Å². The topological polar surface area (TPSA) is 110 Å². The van der Waals surface area contributed by atoms with Crippen molar-refractivity contribution in [2.75, 3.05) is 12.4 Å². The summed E-state index contributed by atoms with van der Waals surface area (Å²) in [6.07, 6.45) is 23.5. The molecule has 0 saturated heterocycles. The molecule has 0 aromatic carbocycles. The number of carbonyl (C=O) groups excluding carboxylic acids is 2. The summed E-state index contributed by atoms with van der Waals surface area (Å²) in [5, 5.41) is 2.59. The molecule has 8 heteroatoms. The Labute approximate surface area is 248 Å². The van der Waals surface area contributed by atoms with Crippen LogP contribution in [0.5, 0.6) is 0 Å². The first-order valence-electron chi connectivity index (χ1n) is 16.2. The molecule has 2 unspecified atom stereocenters. The lowest BCUT2D eigenvalue weighted by atomic mass is 10.0. The van der Waals surface area contributed by atoms with Gasteiger partial charge in [-0.15, -0.1) is 0 Å². The van der Waals surface area contributed by atoms with Gasteiger partial charge in [-0.05, 0) is 33.1 Å². The molecule has 0 aromatic rings. The van der Waals surface area contributed by atoms with Gasteiger partial charge < -0.3 is 10.1 Å². The van der Waals surface area contributed by atoms with E-state index in [9.17, 15) is 18.0 Å². The van der Waals surface area contributed by atoms with Gasteiger partial charge in [-0.2, -0.15) is 8.42 Å². The van der Waals surface area contributed by atoms with Crippen LogP contribution in [0.2, 0.25) is 0 Å². The molecule has 2 N–H and O–H groups in total. The summed E-state index contributed by atoms with van der Waals surface area (Å²) in [5.74, 6) is -0.816. The van der Waals surface area contributed by atoms with E-state index in [2.05, 4.69) is 12.2 Å². The van der Waals surface area contributed by atoms with Crippen molar-refractivity contribution in [3.63, 3.8) is 0 Å². The molecule has 0 bridgehead atoms. The van der Waals surface area contributed by atoms with Crippen LogP contribution in [0.3, 0.4) is 0 Å². The molecule has 40 heavy (non-hydrogen) atoms. The Balaban J connectivity index is 0. The Kier molecular flexibility index (Phi) is 26.2. The number of esters is 1. The van der Waals surface area contributed by atoms with Crippen LogP contribution in [0, 0.1) is 11.8 Å². The zero-order chi connectivity index (χ0) is 30.9. The molecule has 0 aliphatic carbocycles. The van der Waals surface area contributed by atoms with Gasteiger partial charge in [0.15, 0.2) is 0 Å². The lowest BCUT2D eigenvalue weighted by Gasteiger charge is -2.26. The molecule has 0 heterocycles. The van der Waals surface area contributed by atoms with Gasteiger partial charge in [0.25, 0.3) is 10.1 Å². The molecular weight excluding hydrogens is 526 g/mol. The van der Waals surface area contributed by atoms with Crippen molar-refractivity contribution in [1.29, 1.82) is 0 Å². The first-order valence-corrected chi connectivity index (χ1v) is 17.8. The molecule has 0 saturated carbocycles. The van der Waals surface area contributed by atoms with Gasteiger partial charge in [-0.3, -0.25) is 14.1 Å². The number of ether oxygens (including phenoxy) is 1. The fraction of sp³-hybridized carbons (Fsp3) is 0.938. The Bertz CT molecular complexity index is 723. The van der Waals surface area contributed by atoms with E-state index in [1.165, 1.54) is 96.3 Å². The standard InChI is InChI=1S/C23H46O2.C9H19NO4S/c1-4-6-7-8-9-10-11-12-13-14-15-16-17-18-19-20-21-25-23(24)22(3)5-2;1-5-7(2)8(11)10-9(3,4)6-15(12,13)14/h22H,4-21H2,1-3H3;7H,5-6H2,1-4H3,(H,10,11)(H,12,13,14).